The third-order valence-electron chi connectivity index (χ3n) is 2.50. The van der Waals surface area contributed by atoms with E-state index in [1.54, 1.807) is 0 Å². The van der Waals surface area contributed by atoms with Crippen molar-refractivity contribution in [3.8, 4) is 0 Å². The van der Waals surface area contributed by atoms with E-state index in [0.717, 1.165) is 0 Å². The number of rotatable bonds is 4. The van der Waals surface area contributed by atoms with Crippen LogP contribution < -0.4 is 21.7 Å². The van der Waals surface area contributed by atoms with Crippen molar-refractivity contribution in [1.82, 2.24) is 16.0 Å². The summed E-state index contributed by atoms with van der Waals surface area (Å²) in [6.45, 7) is 21.3. The van der Waals surface area contributed by atoms with Gasteiger partial charge >= 0.3 is 0 Å². The number of nitrogens with one attached hydrogen (secondary N) is 3. The lowest BCUT2D eigenvalue weighted by Gasteiger charge is -2.47. The molecule has 116 valence electrons. The molecule has 0 spiro atoms. The summed E-state index contributed by atoms with van der Waals surface area (Å²) in [6.07, 6.45) is 0. The Morgan fingerprint density at radius 3 is 1.21 bits per heavy atom. The van der Waals surface area contributed by atoms with Crippen molar-refractivity contribution in [2.45, 2.75) is 97.7 Å². The van der Waals surface area contributed by atoms with Gasteiger partial charge in [-0.3, -0.25) is 16.4 Å². The molecular formula is C15H36N4. The third kappa shape index (κ3) is 8.58. The summed E-state index contributed by atoms with van der Waals surface area (Å²) in [6, 6.07) is 0.0750. The van der Waals surface area contributed by atoms with E-state index in [1.165, 1.54) is 0 Å². The quantitative estimate of drug-likeness (QED) is 0.592. The van der Waals surface area contributed by atoms with Gasteiger partial charge in [0.15, 0.2) is 0 Å². The molecule has 0 aliphatic carbocycles. The lowest BCUT2D eigenvalue weighted by Crippen LogP contribution is -2.79. The average Bonchev–Trinajstić information content (AvgIpc) is 1.91. The van der Waals surface area contributed by atoms with E-state index >= 15 is 0 Å². The minimum Gasteiger partial charge on any atom is -0.305 e. The number of hydrogen-bond donors (Lipinski definition) is 4. The fraction of sp³-hybridized carbons (Fsp3) is 1.00. The lowest BCUT2D eigenvalue weighted by molar-refractivity contribution is 0.104. The summed E-state index contributed by atoms with van der Waals surface area (Å²) in [5.41, 5.74) is 6.52. The SMILES string of the molecule is CC(NC(C)(C)C)C(N)(NC(C)(C)C)NC(C)(C)C. The molecule has 0 amide bonds. The highest BCUT2D eigenvalue weighted by atomic mass is 15.4. The van der Waals surface area contributed by atoms with E-state index in [4.69, 9.17) is 5.73 Å². The van der Waals surface area contributed by atoms with E-state index in [1.807, 2.05) is 0 Å². The highest BCUT2D eigenvalue weighted by Gasteiger charge is 2.39. The second kappa shape index (κ2) is 5.68. The van der Waals surface area contributed by atoms with Crippen LogP contribution in [0.1, 0.15) is 69.2 Å². The van der Waals surface area contributed by atoms with Gasteiger partial charge in [0.25, 0.3) is 0 Å². The summed E-state index contributed by atoms with van der Waals surface area (Å²) in [7, 11) is 0. The van der Waals surface area contributed by atoms with Crippen LogP contribution in [0.5, 0.6) is 0 Å². The minimum atomic E-state index is -0.677. The van der Waals surface area contributed by atoms with Gasteiger partial charge in [-0.25, -0.2) is 0 Å². The van der Waals surface area contributed by atoms with Crippen LogP contribution in [0.3, 0.4) is 0 Å². The average molecular weight is 272 g/mol. The fourth-order valence-electron chi connectivity index (χ4n) is 2.25. The van der Waals surface area contributed by atoms with Crippen molar-refractivity contribution >= 4 is 0 Å². The molecule has 19 heavy (non-hydrogen) atoms. The monoisotopic (exact) mass is 272 g/mol. The number of nitrogens with two attached hydrogens (primary N) is 1. The van der Waals surface area contributed by atoms with Gasteiger partial charge in [-0.15, -0.1) is 0 Å². The molecule has 1 atom stereocenters. The van der Waals surface area contributed by atoms with E-state index in [9.17, 15) is 0 Å². The van der Waals surface area contributed by atoms with Gasteiger partial charge in [0.05, 0.1) is 0 Å². The molecule has 0 bridgehead atoms. The summed E-state index contributed by atoms with van der Waals surface area (Å²) in [4.78, 5) is 0. The van der Waals surface area contributed by atoms with Crippen molar-refractivity contribution in [3.63, 3.8) is 0 Å². The Hall–Kier alpha value is -0.160. The molecule has 4 heteroatoms. The molecule has 0 saturated carbocycles. The maximum absolute atomic E-state index is 6.64. The van der Waals surface area contributed by atoms with Gasteiger partial charge < -0.3 is 5.32 Å². The number of hydrogen-bond acceptors (Lipinski definition) is 4. The Kier molecular flexibility index (Phi) is 5.63. The van der Waals surface area contributed by atoms with Gasteiger partial charge in [0, 0.05) is 22.7 Å². The van der Waals surface area contributed by atoms with Crippen molar-refractivity contribution in [1.29, 1.82) is 0 Å². The second-order valence-electron chi connectivity index (χ2n) is 8.74. The van der Waals surface area contributed by atoms with Crippen LogP contribution in [0.15, 0.2) is 0 Å². The van der Waals surface area contributed by atoms with E-state index < -0.39 is 5.79 Å². The van der Waals surface area contributed by atoms with Gasteiger partial charge in [-0.05, 0) is 69.2 Å². The van der Waals surface area contributed by atoms with Crippen LogP contribution in [-0.4, -0.2) is 28.4 Å². The summed E-state index contributed by atoms with van der Waals surface area (Å²) < 4.78 is 0. The molecule has 0 aromatic carbocycles. The normalized spacial score (nSPS) is 16.6. The third-order valence-corrected chi connectivity index (χ3v) is 2.50. The molecule has 0 radical (unpaired) electrons. The predicted molar refractivity (Wildman–Crippen MR) is 85.0 cm³/mol. The zero-order chi connectivity index (χ0) is 15.7. The van der Waals surface area contributed by atoms with E-state index in [2.05, 4.69) is 85.2 Å². The maximum atomic E-state index is 6.64. The molecule has 5 N–H and O–H groups in total. The molecule has 1 unspecified atom stereocenters. The van der Waals surface area contributed by atoms with Crippen molar-refractivity contribution < 1.29 is 0 Å². The van der Waals surface area contributed by atoms with Crippen LogP contribution >= 0.6 is 0 Å². The first-order valence-corrected chi connectivity index (χ1v) is 7.19. The molecule has 4 nitrogen and oxygen atoms in total. The molecule has 0 aliphatic heterocycles. The van der Waals surface area contributed by atoms with Crippen LogP contribution in [0, 0.1) is 0 Å². The highest BCUT2D eigenvalue weighted by molar-refractivity contribution is 4.98. The topological polar surface area (TPSA) is 62.1 Å². The van der Waals surface area contributed by atoms with Crippen LogP contribution in [0.4, 0.5) is 0 Å². The van der Waals surface area contributed by atoms with E-state index in [0.29, 0.717) is 0 Å². The van der Waals surface area contributed by atoms with Gasteiger partial charge in [-0.2, -0.15) is 0 Å². The maximum Gasteiger partial charge on any atom is 0.137 e. The van der Waals surface area contributed by atoms with Crippen molar-refractivity contribution in [2.75, 3.05) is 0 Å². The zero-order valence-corrected chi connectivity index (χ0v) is 14.7. The summed E-state index contributed by atoms with van der Waals surface area (Å²) in [5.74, 6) is -0.677. The highest BCUT2D eigenvalue weighted by Crippen LogP contribution is 2.15. The summed E-state index contributed by atoms with van der Waals surface area (Å²) >= 11 is 0. The Balaban J connectivity index is 5.15. The molecular weight excluding hydrogens is 236 g/mol. The van der Waals surface area contributed by atoms with Crippen molar-refractivity contribution in [3.05, 3.63) is 0 Å². The minimum absolute atomic E-state index is 0.0170. The standard InChI is InChI=1S/C15H36N4/c1-11(17-12(2,3)4)15(16,18-13(5,6)7)19-14(8,9)10/h11,17-19H,16H2,1-10H3. The van der Waals surface area contributed by atoms with Crippen molar-refractivity contribution in [2.24, 2.45) is 5.73 Å². The van der Waals surface area contributed by atoms with Crippen LogP contribution in [-0.2, 0) is 0 Å². The zero-order valence-electron chi connectivity index (χ0n) is 14.7. The first-order valence-electron chi connectivity index (χ1n) is 7.19. The molecule has 0 aromatic rings. The van der Waals surface area contributed by atoms with Crippen LogP contribution in [0.2, 0.25) is 0 Å². The Morgan fingerprint density at radius 2 is 1.00 bits per heavy atom. The Bertz CT molecular complexity index is 262. The first kappa shape index (κ1) is 18.8. The first-order chi connectivity index (χ1) is 8.04. The second-order valence-corrected chi connectivity index (χ2v) is 8.74. The van der Waals surface area contributed by atoms with Gasteiger partial charge in [-0.1, -0.05) is 0 Å². The van der Waals surface area contributed by atoms with Gasteiger partial charge in [0.2, 0.25) is 0 Å². The molecule has 0 aliphatic rings. The Morgan fingerprint density at radius 1 is 0.684 bits per heavy atom. The largest absolute Gasteiger partial charge is 0.305 e. The smallest absolute Gasteiger partial charge is 0.137 e. The summed E-state index contributed by atoms with van der Waals surface area (Å²) in [5, 5.41) is 10.6. The predicted octanol–water partition coefficient (Wildman–Crippen LogP) is 2.15. The fourth-order valence-corrected chi connectivity index (χ4v) is 2.25. The molecule has 0 heterocycles. The van der Waals surface area contributed by atoms with Crippen LogP contribution in [0.25, 0.3) is 0 Å². The molecule has 0 aromatic heterocycles. The Labute approximate surface area is 120 Å². The molecule has 0 rings (SSSR count). The molecule has 0 fully saturated rings. The van der Waals surface area contributed by atoms with Gasteiger partial charge in [0.1, 0.15) is 5.79 Å². The van der Waals surface area contributed by atoms with E-state index in [-0.39, 0.29) is 22.7 Å². The molecule has 0 saturated heterocycles. The lowest BCUT2D eigenvalue weighted by atomic mass is 9.98.